The summed E-state index contributed by atoms with van der Waals surface area (Å²) in [7, 11) is 0. The minimum atomic E-state index is -0.283. The van der Waals surface area contributed by atoms with E-state index in [9.17, 15) is 9.59 Å². The Bertz CT molecular complexity index is 1140. The van der Waals surface area contributed by atoms with E-state index < -0.39 is 0 Å². The molecule has 0 radical (unpaired) electrons. The summed E-state index contributed by atoms with van der Waals surface area (Å²) in [6.07, 6.45) is 0.549. The lowest BCUT2D eigenvalue weighted by atomic mass is 10.1. The number of nitrogens with zero attached hydrogens (tertiary/aromatic N) is 4. The first-order valence-corrected chi connectivity index (χ1v) is 9.72. The zero-order valence-corrected chi connectivity index (χ0v) is 17.8. The second kappa shape index (κ2) is 8.03. The summed E-state index contributed by atoms with van der Waals surface area (Å²) in [5.74, 6) is 0.0700. The van der Waals surface area contributed by atoms with Gasteiger partial charge in [-0.1, -0.05) is 24.6 Å². The molecule has 0 bridgehead atoms. The maximum absolute atomic E-state index is 13.1. The average Bonchev–Trinajstić information content (AvgIpc) is 2.98. The van der Waals surface area contributed by atoms with Crippen LogP contribution in [0.3, 0.4) is 0 Å². The predicted molar refractivity (Wildman–Crippen MR) is 114 cm³/mol. The first-order valence-electron chi connectivity index (χ1n) is 9.72. The van der Waals surface area contributed by atoms with Crippen LogP contribution in [0.15, 0.2) is 29.1 Å². The Hall–Kier alpha value is -3.22. The van der Waals surface area contributed by atoms with Gasteiger partial charge in [0.1, 0.15) is 6.54 Å². The smallest absolute Gasteiger partial charge is 0.258 e. The number of nitrogens with one attached hydrogen (secondary N) is 1. The number of benzene rings is 1. The summed E-state index contributed by atoms with van der Waals surface area (Å²) in [5.41, 5.74) is 5.55. The maximum atomic E-state index is 13.1. The molecule has 1 aromatic carbocycles. The molecule has 1 N–H and O–H groups in total. The van der Waals surface area contributed by atoms with Gasteiger partial charge in [0.05, 0.1) is 11.4 Å². The fraction of sp³-hybridized carbons (Fsp3) is 0.364. The van der Waals surface area contributed by atoms with Gasteiger partial charge < -0.3 is 5.32 Å². The van der Waals surface area contributed by atoms with Crippen molar-refractivity contribution in [1.82, 2.24) is 19.3 Å². The molecule has 0 aliphatic carbocycles. The van der Waals surface area contributed by atoms with Gasteiger partial charge in [0, 0.05) is 16.9 Å². The quantitative estimate of drug-likeness (QED) is 0.722. The van der Waals surface area contributed by atoms with Crippen LogP contribution in [-0.2, 0) is 17.8 Å². The van der Waals surface area contributed by atoms with Gasteiger partial charge in [-0.2, -0.15) is 5.10 Å². The first kappa shape index (κ1) is 20.5. The van der Waals surface area contributed by atoms with Crippen LogP contribution in [0.25, 0.3) is 5.95 Å². The fourth-order valence-corrected chi connectivity index (χ4v) is 3.52. The summed E-state index contributed by atoms with van der Waals surface area (Å²) in [4.78, 5) is 30.6. The van der Waals surface area contributed by atoms with Gasteiger partial charge in [-0.25, -0.2) is 9.67 Å². The zero-order chi connectivity index (χ0) is 21.3. The molecule has 0 saturated carbocycles. The molecular weight excluding hydrogens is 366 g/mol. The molecule has 29 heavy (non-hydrogen) atoms. The highest BCUT2D eigenvalue weighted by Crippen LogP contribution is 2.17. The van der Waals surface area contributed by atoms with E-state index in [1.54, 1.807) is 4.68 Å². The number of hydrogen-bond donors (Lipinski definition) is 1. The van der Waals surface area contributed by atoms with E-state index >= 15 is 0 Å². The first-order chi connectivity index (χ1) is 13.7. The van der Waals surface area contributed by atoms with Crippen molar-refractivity contribution in [3.05, 3.63) is 68.4 Å². The van der Waals surface area contributed by atoms with Crippen molar-refractivity contribution in [2.24, 2.45) is 0 Å². The van der Waals surface area contributed by atoms with Crippen LogP contribution in [0, 0.1) is 34.6 Å². The normalized spacial score (nSPS) is 11.0. The van der Waals surface area contributed by atoms with Gasteiger partial charge >= 0.3 is 0 Å². The molecule has 1 amide bonds. The van der Waals surface area contributed by atoms with Crippen molar-refractivity contribution in [1.29, 1.82) is 0 Å². The summed E-state index contributed by atoms with van der Waals surface area (Å²) in [6, 6.07) is 7.73. The maximum Gasteiger partial charge on any atom is 0.258 e. The Labute approximate surface area is 170 Å². The number of anilines is 1. The van der Waals surface area contributed by atoms with Gasteiger partial charge in [-0.05, 0) is 58.7 Å². The van der Waals surface area contributed by atoms with E-state index in [4.69, 9.17) is 0 Å². The SMILES string of the molecule is CCc1c(C)nc(-n2nc(C)cc2C)n(CC(=O)Nc2ccc(C)cc2C)c1=O. The third-order valence-electron chi connectivity index (χ3n) is 4.96. The number of amides is 1. The van der Waals surface area contributed by atoms with Gasteiger partial charge in [-0.3, -0.25) is 14.2 Å². The lowest BCUT2D eigenvalue weighted by molar-refractivity contribution is -0.116. The average molecular weight is 393 g/mol. The van der Waals surface area contributed by atoms with Gasteiger partial charge in [0.15, 0.2) is 0 Å². The van der Waals surface area contributed by atoms with Gasteiger partial charge in [-0.15, -0.1) is 0 Å². The van der Waals surface area contributed by atoms with Crippen LogP contribution in [0.5, 0.6) is 0 Å². The van der Waals surface area contributed by atoms with Crippen LogP contribution in [-0.4, -0.2) is 25.2 Å². The molecule has 152 valence electrons. The Morgan fingerprint density at radius 2 is 1.83 bits per heavy atom. The van der Waals surface area contributed by atoms with E-state index in [0.29, 0.717) is 23.6 Å². The molecule has 0 spiro atoms. The minimum absolute atomic E-state index is 0.139. The van der Waals surface area contributed by atoms with Crippen molar-refractivity contribution in [3.63, 3.8) is 0 Å². The van der Waals surface area contributed by atoms with Crippen molar-refractivity contribution in [3.8, 4) is 5.95 Å². The molecule has 3 rings (SSSR count). The number of aryl methyl sites for hydroxylation is 5. The standard InChI is InChI=1S/C22H27N5O2/c1-7-18-17(6)23-22(27-16(5)11-15(4)25-27)26(21(18)29)12-20(28)24-19-9-8-13(2)10-14(19)3/h8-11H,7,12H2,1-6H3,(H,24,28). The van der Waals surface area contributed by atoms with Gasteiger partial charge in [0.2, 0.25) is 11.9 Å². The predicted octanol–water partition coefficient (Wildman–Crippen LogP) is 3.17. The monoisotopic (exact) mass is 393 g/mol. The lowest BCUT2D eigenvalue weighted by Crippen LogP contribution is -2.34. The van der Waals surface area contributed by atoms with Crippen LogP contribution < -0.4 is 10.9 Å². The van der Waals surface area contributed by atoms with E-state index in [1.165, 1.54) is 4.57 Å². The number of carbonyl (C=O) groups excluding carboxylic acids is 1. The molecule has 0 unspecified atom stereocenters. The summed E-state index contributed by atoms with van der Waals surface area (Å²) in [6.45, 7) is 11.3. The van der Waals surface area contributed by atoms with Crippen LogP contribution >= 0.6 is 0 Å². The van der Waals surface area contributed by atoms with Crippen LogP contribution in [0.2, 0.25) is 0 Å². The van der Waals surface area contributed by atoms with Crippen LogP contribution in [0.4, 0.5) is 5.69 Å². The van der Waals surface area contributed by atoms with E-state index in [2.05, 4.69) is 15.4 Å². The van der Waals surface area contributed by atoms with E-state index in [0.717, 1.165) is 28.2 Å². The Morgan fingerprint density at radius 1 is 1.10 bits per heavy atom. The van der Waals surface area contributed by atoms with E-state index in [1.807, 2.05) is 65.8 Å². The third kappa shape index (κ3) is 4.13. The largest absolute Gasteiger partial charge is 0.324 e. The Balaban J connectivity index is 2.04. The third-order valence-corrected chi connectivity index (χ3v) is 4.96. The summed E-state index contributed by atoms with van der Waals surface area (Å²) in [5, 5.41) is 7.36. The Kier molecular flexibility index (Phi) is 5.68. The van der Waals surface area contributed by atoms with Crippen molar-refractivity contribution < 1.29 is 4.79 Å². The highest BCUT2D eigenvalue weighted by atomic mass is 16.2. The van der Waals surface area contributed by atoms with E-state index in [-0.39, 0.29) is 18.0 Å². The molecule has 2 aromatic heterocycles. The Morgan fingerprint density at radius 3 is 2.41 bits per heavy atom. The molecule has 0 fully saturated rings. The molecule has 2 heterocycles. The topological polar surface area (TPSA) is 81.8 Å². The number of aromatic nitrogens is 4. The summed E-state index contributed by atoms with van der Waals surface area (Å²) >= 11 is 0. The van der Waals surface area contributed by atoms with Gasteiger partial charge in [0.25, 0.3) is 5.56 Å². The molecule has 0 aliphatic rings. The molecule has 3 aromatic rings. The van der Waals surface area contributed by atoms with Crippen molar-refractivity contribution in [2.75, 3.05) is 5.32 Å². The highest BCUT2D eigenvalue weighted by Gasteiger charge is 2.19. The highest BCUT2D eigenvalue weighted by molar-refractivity contribution is 5.91. The lowest BCUT2D eigenvalue weighted by Gasteiger charge is -2.16. The molecule has 7 nitrogen and oxygen atoms in total. The molecule has 0 aliphatic heterocycles. The number of rotatable bonds is 5. The second-order valence-electron chi connectivity index (χ2n) is 7.43. The van der Waals surface area contributed by atoms with Crippen molar-refractivity contribution in [2.45, 2.75) is 54.5 Å². The fourth-order valence-electron chi connectivity index (χ4n) is 3.52. The minimum Gasteiger partial charge on any atom is -0.324 e. The zero-order valence-electron chi connectivity index (χ0n) is 17.8. The summed E-state index contributed by atoms with van der Waals surface area (Å²) < 4.78 is 3.03. The molecule has 0 saturated heterocycles. The molecule has 7 heteroatoms. The molecular formula is C22H27N5O2. The molecule has 0 atom stereocenters. The van der Waals surface area contributed by atoms with Crippen molar-refractivity contribution >= 4 is 11.6 Å². The number of hydrogen-bond acceptors (Lipinski definition) is 4. The second-order valence-corrected chi connectivity index (χ2v) is 7.43. The number of carbonyl (C=O) groups is 1. The van der Waals surface area contributed by atoms with Crippen LogP contribution in [0.1, 0.15) is 40.7 Å².